The van der Waals surface area contributed by atoms with Crippen molar-refractivity contribution in [2.24, 2.45) is 0 Å². The fourth-order valence-corrected chi connectivity index (χ4v) is 6.32. The summed E-state index contributed by atoms with van der Waals surface area (Å²) in [7, 11) is 0. The van der Waals surface area contributed by atoms with E-state index in [1.54, 1.807) is 0 Å². The number of nitrogens with one attached hydrogen (secondary N) is 1. The molecule has 0 atom stereocenters. The molecule has 0 amide bonds. The Hall–Kier alpha value is -2.82. The molecule has 2 nitrogen and oxygen atoms in total. The van der Waals surface area contributed by atoms with Crippen LogP contribution in [0.5, 0.6) is 0 Å². The van der Waals surface area contributed by atoms with Crippen LogP contribution in [0.15, 0.2) is 82.7 Å². The zero-order valence-electron chi connectivity index (χ0n) is 16.0. The predicted octanol–water partition coefficient (Wildman–Crippen LogP) is 7.03. The molecule has 0 unspecified atom stereocenters. The summed E-state index contributed by atoms with van der Waals surface area (Å²) in [5, 5.41) is 11.3. The second kappa shape index (κ2) is 6.61. The van der Waals surface area contributed by atoms with Crippen molar-refractivity contribution in [3.63, 3.8) is 0 Å². The van der Waals surface area contributed by atoms with Crippen LogP contribution < -0.4 is 9.88 Å². The van der Waals surface area contributed by atoms with Crippen LogP contribution >= 0.6 is 23.1 Å². The summed E-state index contributed by atoms with van der Waals surface area (Å²) in [6.45, 7) is 3.18. The maximum atomic E-state index is 3.62. The fourth-order valence-electron chi connectivity index (χ4n) is 4.08. The molecule has 0 saturated heterocycles. The smallest absolute Gasteiger partial charge is 0.265 e. The highest BCUT2D eigenvalue weighted by molar-refractivity contribution is 8.03. The Kier molecular flexibility index (Phi) is 3.89. The monoisotopic (exact) mass is 411 g/mol. The van der Waals surface area contributed by atoms with Gasteiger partial charge < -0.3 is 5.32 Å². The molecule has 0 spiro atoms. The zero-order chi connectivity index (χ0) is 19.4. The van der Waals surface area contributed by atoms with E-state index in [-0.39, 0.29) is 0 Å². The highest BCUT2D eigenvalue weighted by Gasteiger charge is 2.22. The molecule has 1 aliphatic heterocycles. The number of hydrogen-bond donors (Lipinski definition) is 1. The second-order valence-electron chi connectivity index (χ2n) is 7.28. The molecule has 4 heteroatoms. The van der Waals surface area contributed by atoms with E-state index in [1.165, 1.54) is 52.4 Å². The van der Waals surface area contributed by atoms with Gasteiger partial charge in [0.2, 0.25) is 5.52 Å². The van der Waals surface area contributed by atoms with E-state index in [0.717, 1.165) is 6.54 Å². The van der Waals surface area contributed by atoms with E-state index in [1.807, 2.05) is 23.1 Å². The van der Waals surface area contributed by atoms with Crippen LogP contribution in [0.2, 0.25) is 0 Å². The van der Waals surface area contributed by atoms with E-state index < -0.39 is 0 Å². The maximum absolute atomic E-state index is 3.62. The molecule has 4 aromatic carbocycles. The van der Waals surface area contributed by atoms with Gasteiger partial charge in [0, 0.05) is 11.0 Å². The van der Waals surface area contributed by atoms with E-state index in [2.05, 4.69) is 95.7 Å². The number of anilines is 1. The third-order valence-electron chi connectivity index (χ3n) is 5.50. The molecule has 0 fully saturated rings. The molecule has 1 aromatic heterocycles. The third-order valence-corrected chi connectivity index (χ3v) is 7.59. The van der Waals surface area contributed by atoms with Crippen LogP contribution in [0.4, 0.5) is 5.69 Å². The molecular formula is C25H19N2S2+. The van der Waals surface area contributed by atoms with Crippen LogP contribution in [-0.4, -0.2) is 0 Å². The molecule has 5 aromatic rings. The van der Waals surface area contributed by atoms with Crippen molar-refractivity contribution < 1.29 is 4.57 Å². The largest absolute Gasteiger partial charge is 0.349 e. The normalized spacial score (nSPS) is 14.7. The average Bonchev–Trinajstić information content (AvgIpc) is 3.29. The average molecular weight is 412 g/mol. The summed E-state index contributed by atoms with van der Waals surface area (Å²) in [5.74, 6) is 0. The van der Waals surface area contributed by atoms with Gasteiger partial charge in [-0.05, 0) is 46.7 Å². The number of benzene rings is 4. The standard InChI is InChI=1S/C25H18N2S2/c1-2-27-21-12-17-8-4-6-10-19(17)14-23(21)29-25(27)15-24-26-20-11-16-7-3-5-9-18(16)13-22(20)28-24/h3-15H,2H2,1H3/p+1. The number of aryl methyl sites for hydroxylation is 1. The Labute approximate surface area is 177 Å². The molecule has 0 aliphatic carbocycles. The lowest BCUT2D eigenvalue weighted by Crippen LogP contribution is -2.33. The van der Waals surface area contributed by atoms with Crippen LogP contribution in [0.25, 0.3) is 37.8 Å². The third kappa shape index (κ3) is 2.83. The number of fused-ring (bicyclic) bond motifs is 4. The Morgan fingerprint density at radius 2 is 1.52 bits per heavy atom. The minimum absolute atomic E-state index is 0.957. The second-order valence-corrected chi connectivity index (χ2v) is 9.43. The van der Waals surface area contributed by atoms with Gasteiger partial charge in [0.05, 0.1) is 16.8 Å². The van der Waals surface area contributed by atoms with Gasteiger partial charge in [0.25, 0.3) is 5.01 Å². The number of aromatic nitrogens is 1. The number of thioether (sulfide) groups is 1. The summed E-state index contributed by atoms with van der Waals surface area (Å²) in [6, 6.07) is 26.3. The number of rotatable bonds is 2. The Balaban J connectivity index is 1.45. The van der Waals surface area contributed by atoms with Gasteiger partial charge >= 0.3 is 0 Å². The molecule has 140 valence electrons. The van der Waals surface area contributed by atoms with Crippen LogP contribution in [0.3, 0.4) is 0 Å². The van der Waals surface area contributed by atoms with Crippen molar-refractivity contribution in [1.82, 2.24) is 0 Å². The van der Waals surface area contributed by atoms with Gasteiger partial charge in [-0.25, -0.2) is 0 Å². The topological polar surface area (TPSA) is 15.9 Å². The van der Waals surface area contributed by atoms with E-state index in [4.69, 9.17) is 0 Å². The van der Waals surface area contributed by atoms with Gasteiger partial charge in [-0.2, -0.15) is 4.57 Å². The van der Waals surface area contributed by atoms with Crippen molar-refractivity contribution in [3.8, 4) is 0 Å². The quantitative estimate of drug-likeness (QED) is 0.314. The number of nitrogens with zero attached hydrogens (tertiary/aromatic N) is 1. The Morgan fingerprint density at radius 1 is 0.862 bits per heavy atom. The molecular weight excluding hydrogens is 392 g/mol. The summed E-state index contributed by atoms with van der Waals surface area (Å²) in [6.07, 6.45) is 2.30. The van der Waals surface area contributed by atoms with Gasteiger partial charge in [0.1, 0.15) is 11.2 Å². The van der Waals surface area contributed by atoms with Crippen molar-refractivity contribution in [3.05, 3.63) is 82.8 Å². The molecule has 0 saturated carbocycles. The minimum Gasteiger partial charge on any atom is -0.349 e. The SMILES string of the molecule is CC[n+]1c(C=C2Nc3cc4ccccc4cc3S2)sc2cc3ccccc3cc21. The van der Waals surface area contributed by atoms with Crippen molar-refractivity contribution in [1.29, 1.82) is 0 Å². The predicted molar refractivity (Wildman–Crippen MR) is 127 cm³/mol. The van der Waals surface area contributed by atoms with Crippen molar-refractivity contribution in [2.75, 3.05) is 5.32 Å². The lowest BCUT2D eigenvalue weighted by Gasteiger charge is -2.01. The highest BCUT2D eigenvalue weighted by atomic mass is 32.2. The van der Waals surface area contributed by atoms with Crippen LogP contribution in [0, 0.1) is 0 Å². The van der Waals surface area contributed by atoms with E-state index in [0.29, 0.717) is 0 Å². The molecule has 1 aliphatic rings. The first-order valence-corrected chi connectivity index (χ1v) is 11.5. The molecule has 0 bridgehead atoms. The fraction of sp³-hybridized carbons (Fsp3) is 0.0800. The lowest BCUT2D eigenvalue weighted by molar-refractivity contribution is -0.665. The zero-order valence-corrected chi connectivity index (χ0v) is 17.6. The minimum atomic E-state index is 0.957. The molecule has 0 radical (unpaired) electrons. The van der Waals surface area contributed by atoms with Crippen LogP contribution in [0.1, 0.15) is 11.9 Å². The molecule has 1 N–H and O–H groups in total. The van der Waals surface area contributed by atoms with Gasteiger partial charge in [-0.1, -0.05) is 71.6 Å². The van der Waals surface area contributed by atoms with Crippen molar-refractivity contribution in [2.45, 2.75) is 18.4 Å². The summed E-state index contributed by atoms with van der Waals surface area (Å²) in [5.41, 5.74) is 2.52. The highest BCUT2D eigenvalue weighted by Crippen LogP contribution is 2.44. The summed E-state index contributed by atoms with van der Waals surface area (Å²) >= 11 is 3.69. The van der Waals surface area contributed by atoms with E-state index >= 15 is 0 Å². The Morgan fingerprint density at radius 3 is 2.24 bits per heavy atom. The number of thiazole rings is 1. The van der Waals surface area contributed by atoms with Crippen LogP contribution in [-0.2, 0) is 6.54 Å². The number of hydrogen-bond acceptors (Lipinski definition) is 3. The lowest BCUT2D eigenvalue weighted by atomic mass is 10.1. The first-order valence-electron chi connectivity index (χ1n) is 9.83. The van der Waals surface area contributed by atoms with Gasteiger partial charge in [-0.3, -0.25) is 0 Å². The van der Waals surface area contributed by atoms with Gasteiger partial charge in [0.15, 0.2) is 0 Å². The first kappa shape index (κ1) is 17.1. The maximum Gasteiger partial charge on any atom is 0.265 e. The van der Waals surface area contributed by atoms with E-state index in [9.17, 15) is 0 Å². The summed E-state index contributed by atoms with van der Waals surface area (Å²) in [4.78, 5) is 1.30. The van der Waals surface area contributed by atoms with Crippen molar-refractivity contribution >= 4 is 66.6 Å². The molecule has 2 heterocycles. The molecule has 6 rings (SSSR count). The first-order chi connectivity index (χ1) is 14.3. The molecule has 29 heavy (non-hydrogen) atoms. The summed E-state index contributed by atoms with van der Waals surface area (Å²) < 4.78 is 3.75. The van der Waals surface area contributed by atoms with Gasteiger partial charge in [-0.15, -0.1) is 0 Å². The Bertz CT molecular complexity index is 1400.